The minimum Gasteiger partial charge on any atom is -0.342 e. The topological polar surface area (TPSA) is 57.7 Å². The van der Waals surface area contributed by atoms with E-state index in [0.29, 0.717) is 11.4 Å². The van der Waals surface area contributed by atoms with Gasteiger partial charge in [-0.25, -0.2) is 8.42 Å². The lowest BCUT2D eigenvalue weighted by Crippen LogP contribution is -2.39. The standard InChI is InChI=1S/C17H26N2O3S/c1-4-19(17(20)15-9-10-18(3)13-15)11-12-23(21,22)16-7-5-14(2)6-8-16/h5-8,15H,4,9-13H2,1-3H3/t15-/m1/s1. The zero-order valence-electron chi connectivity index (χ0n) is 14.2. The summed E-state index contributed by atoms with van der Waals surface area (Å²) in [5.74, 6) is 0.0519. The first-order valence-electron chi connectivity index (χ1n) is 8.10. The largest absolute Gasteiger partial charge is 0.342 e. The van der Waals surface area contributed by atoms with Gasteiger partial charge in [0, 0.05) is 19.6 Å². The van der Waals surface area contributed by atoms with Crippen LogP contribution in [0.15, 0.2) is 29.2 Å². The highest BCUT2D eigenvalue weighted by Gasteiger charge is 2.29. The maximum Gasteiger partial charge on any atom is 0.227 e. The molecule has 0 aromatic heterocycles. The molecular formula is C17H26N2O3S. The highest BCUT2D eigenvalue weighted by Crippen LogP contribution is 2.18. The van der Waals surface area contributed by atoms with Gasteiger partial charge in [-0.2, -0.15) is 0 Å². The Hall–Kier alpha value is -1.40. The van der Waals surface area contributed by atoms with E-state index in [9.17, 15) is 13.2 Å². The number of nitrogens with zero attached hydrogens (tertiary/aromatic N) is 2. The van der Waals surface area contributed by atoms with Gasteiger partial charge in [-0.3, -0.25) is 4.79 Å². The Morgan fingerprint density at radius 2 is 1.96 bits per heavy atom. The van der Waals surface area contributed by atoms with Gasteiger partial charge in [0.25, 0.3) is 0 Å². The van der Waals surface area contributed by atoms with Crippen LogP contribution in [0.1, 0.15) is 18.9 Å². The fourth-order valence-corrected chi connectivity index (χ4v) is 4.16. The van der Waals surface area contributed by atoms with E-state index in [1.807, 2.05) is 20.9 Å². The Kier molecular flexibility index (Phi) is 5.81. The van der Waals surface area contributed by atoms with Crippen LogP contribution in [-0.2, 0) is 14.6 Å². The number of amides is 1. The molecule has 1 fully saturated rings. The monoisotopic (exact) mass is 338 g/mol. The molecule has 0 bridgehead atoms. The van der Waals surface area contributed by atoms with E-state index < -0.39 is 9.84 Å². The minimum absolute atomic E-state index is 0.00188. The lowest BCUT2D eigenvalue weighted by Gasteiger charge is -2.24. The van der Waals surface area contributed by atoms with Crippen LogP contribution in [0.3, 0.4) is 0 Å². The van der Waals surface area contributed by atoms with Crippen LogP contribution < -0.4 is 0 Å². The van der Waals surface area contributed by atoms with Gasteiger partial charge < -0.3 is 9.80 Å². The maximum atomic E-state index is 12.5. The quantitative estimate of drug-likeness (QED) is 0.790. The lowest BCUT2D eigenvalue weighted by molar-refractivity contribution is -0.134. The van der Waals surface area contributed by atoms with Crippen molar-refractivity contribution < 1.29 is 13.2 Å². The zero-order valence-corrected chi connectivity index (χ0v) is 15.0. The summed E-state index contributed by atoms with van der Waals surface area (Å²) >= 11 is 0. The molecule has 0 radical (unpaired) electrons. The van der Waals surface area contributed by atoms with Crippen molar-refractivity contribution in [3.8, 4) is 0 Å². The predicted octanol–water partition coefficient (Wildman–Crippen LogP) is 1.57. The lowest BCUT2D eigenvalue weighted by atomic mass is 10.1. The van der Waals surface area contributed by atoms with Crippen molar-refractivity contribution in [3.63, 3.8) is 0 Å². The third-order valence-electron chi connectivity index (χ3n) is 4.44. The number of carbonyl (C=O) groups excluding carboxylic acids is 1. The molecule has 128 valence electrons. The van der Waals surface area contributed by atoms with Crippen LogP contribution in [0.25, 0.3) is 0 Å². The number of rotatable bonds is 6. The number of benzene rings is 1. The van der Waals surface area contributed by atoms with E-state index in [-0.39, 0.29) is 24.1 Å². The Morgan fingerprint density at radius 3 is 2.48 bits per heavy atom. The predicted molar refractivity (Wildman–Crippen MR) is 91.1 cm³/mol. The van der Waals surface area contributed by atoms with E-state index >= 15 is 0 Å². The molecule has 1 aromatic rings. The molecule has 23 heavy (non-hydrogen) atoms. The molecule has 1 amide bonds. The average Bonchev–Trinajstić information content (AvgIpc) is 2.94. The van der Waals surface area contributed by atoms with Crippen molar-refractivity contribution in [2.24, 2.45) is 5.92 Å². The summed E-state index contributed by atoms with van der Waals surface area (Å²) in [6, 6.07) is 6.86. The number of sulfone groups is 1. The molecule has 0 saturated carbocycles. The number of aryl methyl sites for hydroxylation is 1. The number of hydrogen-bond acceptors (Lipinski definition) is 4. The summed E-state index contributed by atoms with van der Waals surface area (Å²) in [6.07, 6.45) is 0.858. The van der Waals surface area contributed by atoms with Gasteiger partial charge in [0.1, 0.15) is 0 Å². The molecular weight excluding hydrogens is 312 g/mol. The van der Waals surface area contributed by atoms with Gasteiger partial charge in [0.05, 0.1) is 16.6 Å². The number of likely N-dealkylation sites (tertiary alicyclic amines) is 1. The summed E-state index contributed by atoms with van der Waals surface area (Å²) in [5, 5.41) is 0. The summed E-state index contributed by atoms with van der Waals surface area (Å²) < 4.78 is 24.8. The van der Waals surface area contributed by atoms with Crippen molar-refractivity contribution in [2.75, 3.05) is 39.0 Å². The summed E-state index contributed by atoms with van der Waals surface area (Å²) in [6.45, 7) is 6.31. The summed E-state index contributed by atoms with van der Waals surface area (Å²) in [7, 11) is -1.35. The van der Waals surface area contributed by atoms with Crippen LogP contribution in [0.5, 0.6) is 0 Å². The molecule has 1 aromatic carbocycles. The zero-order chi connectivity index (χ0) is 17.0. The normalized spacial score (nSPS) is 19.0. The van der Waals surface area contributed by atoms with Crippen molar-refractivity contribution in [3.05, 3.63) is 29.8 Å². The second kappa shape index (κ2) is 7.45. The van der Waals surface area contributed by atoms with Crippen LogP contribution in [0.4, 0.5) is 0 Å². The highest BCUT2D eigenvalue weighted by atomic mass is 32.2. The van der Waals surface area contributed by atoms with E-state index in [0.717, 1.165) is 25.1 Å². The fourth-order valence-electron chi connectivity index (χ4n) is 2.91. The Labute approximate surface area is 139 Å². The van der Waals surface area contributed by atoms with E-state index in [2.05, 4.69) is 4.90 Å². The number of carbonyl (C=O) groups is 1. The van der Waals surface area contributed by atoms with Crippen LogP contribution >= 0.6 is 0 Å². The number of hydrogen-bond donors (Lipinski definition) is 0. The van der Waals surface area contributed by atoms with Crippen molar-refractivity contribution >= 4 is 15.7 Å². The van der Waals surface area contributed by atoms with Crippen LogP contribution in [0, 0.1) is 12.8 Å². The van der Waals surface area contributed by atoms with Crippen LogP contribution in [-0.4, -0.2) is 63.1 Å². The molecule has 5 nitrogen and oxygen atoms in total. The molecule has 0 aliphatic carbocycles. The van der Waals surface area contributed by atoms with Gasteiger partial charge in [0.15, 0.2) is 9.84 Å². The van der Waals surface area contributed by atoms with Gasteiger partial charge in [0.2, 0.25) is 5.91 Å². The summed E-state index contributed by atoms with van der Waals surface area (Å²) in [4.78, 5) is 16.7. The minimum atomic E-state index is -3.35. The Balaban J connectivity index is 1.99. The molecule has 0 unspecified atom stereocenters. The molecule has 2 rings (SSSR count). The molecule has 0 N–H and O–H groups in total. The molecule has 0 spiro atoms. The SMILES string of the molecule is CCN(CCS(=O)(=O)c1ccc(C)cc1)C(=O)[C@@H]1CCN(C)C1. The van der Waals surface area contributed by atoms with Crippen molar-refractivity contribution in [1.29, 1.82) is 0 Å². The third kappa shape index (κ3) is 4.54. The van der Waals surface area contributed by atoms with Gasteiger partial charge in [-0.1, -0.05) is 17.7 Å². The molecule has 1 heterocycles. The van der Waals surface area contributed by atoms with Gasteiger partial charge >= 0.3 is 0 Å². The van der Waals surface area contributed by atoms with Gasteiger partial charge in [-0.05, 0) is 46.0 Å². The van der Waals surface area contributed by atoms with Crippen molar-refractivity contribution in [1.82, 2.24) is 9.80 Å². The first-order chi connectivity index (χ1) is 10.8. The van der Waals surface area contributed by atoms with Gasteiger partial charge in [-0.15, -0.1) is 0 Å². The highest BCUT2D eigenvalue weighted by molar-refractivity contribution is 7.91. The molecule has 1 aliphatic rings. The Morgan fingerprint density at radius 1 is 1.30 bits per heavy atom. The third-order valence-corrected chi connectivity index (χ3v) is 6.15. The molecule has 1 saturated heterocycles. The first-order valence-corrected chi connectivity index (χ1v) is 9.75. The van der Waals surface area contributed by atoms with E-state index in [1.165, 1.54) is 0 Å². The molecule has 1 aliphatic heterocycles. The average molecular weight is 338 g/mol. The van der Waals surface area contributed by atoms with E-state index in [1.54, 1.807) is 29.2 Å². The van der Waals surface area contributed by atoms with E-state index in [4.69, 9.17) is 0 Å². The second-order valence-electron chi connectivity index (χ2n) is 6.30. The Bertz CT molecular complexity index is 640. The van der Waals surface area contributed by atoms with Crippen LogP contribution in [0.2, 0.25) is 0 Å². The smallest absolute Gasteiger partial charge is 0.227 e. The maximum absolute atomic E-state index is 12.5. The molecule has 6 heteroatoms. The second-order valence-corrected chi connectivity index (χ2v) is 8.41. The van der Waals surface area contributed by atoms with Crippen molar-refractivity contribution in [2.45, 2.75) is 25.2 Å². The summed E-state index contributed by atoms with van der Waals surface area (Å²) in [5.41, 5.74) is 1.03. The molecule has 1 atom stereocenters. The first kappa shape index (κ1) is 17.9. The fraction of sp³-hybridized carbons (Fsp3) is 0.588.